The van der Waals surface area contributed by atoms with Gasteiger partial charge in [-0.05, 0) is 12.1 Å². The molecule has 0 saturated carbocycles. The molecule has 0 heterocycles. The van der Waals surface area contributed by atoms with Gasteiger partial charge in [-0.1, -0.05) is 0 Å². The summed E-state index contributed by atoms with van der Waals surface area (Å²) in [5.74, 6) is -0.630. The van der Waals surface area contributed by atoms with Gasteiger partial charge in [0.25, 0.3) is 0 Å². The van der Waals surface area contributed by atoms with Crippen LogP contribution in [0.25, 0.3) is 0 Å². The molecule has 9 heteroatoms. The zero-order valence-electron chi connectivity index (χ0n) is 7.11. The smallest absolute Gasteiger partial charge is 0.316 e. The second kappa shape index (κ2) is 3.37. The van der Waals surface area contributed by atoms with E-state index in [1.54, 1.807) is 0 Å². The number of benzene rings is 1. The Kier molecular flexibility index (Phi) is 2.51. The number of aromatic hydroxyl groups is 1. The summed E-state index contributed by atoms with van der Waals surface area (Å²) in [5, 5.41) is 19.5. The van der Waals surface area contributed by atoms with Crippen LogP contribution in [0.5, 0.6) is 5.75 Å². The average Bonchev–Trinajstić information content (AvgIpc) is 2.06. The molecule has 0 radical (unpaired) electrons. The van der Waals surface area contributed by atoms with E-state index in [1.165, 1.54) is 0 Å². The maximum atomic E-state index is 10.7. The zero-order chi connectivity index (χ0) is 11.8. The molecule has 15 heavy (non-hydrogen) atoms. The third-order valence-electron chi connectivity index (χ3n) is 1.62. The van der Waals surface area contributed by atoms with Gasteiger partial charge in [0.05, 0.1) is 4.92 Å². The van der Waals surface area contributed by atoms with Crippen molar-refractivity contribution >= 4 is 21.5 Å². The summed E-state index contributed by atoms with van der Waals surface area (Å²) in [6.07, 6.45) is 0. The number of hydrogen-bond donors (Lipinski definition) is 3. The van der Waals surface area contributed by atoms with Crippen LogP contribution in [0.15, 0.2) is 17.0 Å². The van der Waals surface area contributed by atoms with Crippen LogP contribution in [0.3, 0.4) is 0 Å². The van der Waals surface area contributed by atoms with E-state index >= 15 is 0 Å². The number of nitro benzene ring substituents is 1. The van der Waals surface area contributed by atoms with E-state index in [2.05, 4.69) is 0 Å². The van der Waals surface area contributed by atoms with E-state index in [9.17, 15) is 18.5 Å². The van der Waals surface area contributed by atoms with Gasteiger partial charge in [0.1, 0.15) is 5.75 Å². The summed E-state index contributed by atoms with van der Waals surface area (Å²) in [6.45, 7) is 0. The quantitative estimate of drug-likeness (QED) is 0.217. The Morgan fingerprint density at radius 1 is 1.40 bits per heavy atom. The third kappa shape index (κ3) is 1.97. The van der Waals surface area contributed by atoms with E-state index in [0.29, 0.717) is 6.07 Å². The topological polar surface area (TPSA) is 144 Å². The van der Waals surface area contributed by atoms with Crippen LogP contribution in [-0.2, 0) is 10.1 Å². The monoisotopic (exact) mass is 234 g/mol. The highest BCUT2D eigenvalue weighted by Crippen LogP contribution is 2.35. The Morgan fingerprint density at radius 2 is 1.93 bits per heavy atom. The molecule has 82 valence electrons. The lowest BCUT2D eigenvalue weighted by atomic mass is 10.2. The van der Waals surface area contributed by atoms with Gasteiger partial charge in [0.15, 0.2) is 10.6 Å². The van der Waals surface area contributed by atoms with Crippen molar-refractivity contribution in [2.24, 2.45) is 0 Å². The number of phenols is 1. The van der Waals surface area contributed by atoms with Crippen LogP contribution in [0.2, 0.25) is 0 Å². The number of nitro groups is 1. The summed E-state index contributed by atoms with van der Waals surface area (Å²) in [7, 11) is -4.75. The molecule has 8 nitrogen and oxygen atoms in total. The fourth-order valence-electron chi connectivity index (χ4n) is 0.974. The molecule has 4 N–H and O–H groups in total. The second-order valence-electron chi connectivity index (χ2n) is 2.58. The number of rotatable bonds is 2. The van der Waals surface area contributed by atoms with E-state index in [0.717, 1.165) is 6.07 Å². The van der Waals surface area contributed by atoms with Crippen molar-refractivity contribution in [3.8, 4) is 5.75 Å². The lowest BCUT2D eigenvalue weighted by molar-refractivity contribution is -0.387. The predicted molar refractivity (Wildman–Crippen MR) is 49.0 cm³/mol. The normalized spacial score (nSPS) is 11.3. The summed E-state index contributed by atoms with van der Waals surface area (Å²) in [5.41, 5.74) is 3.36. The molecule has 0 aliphatic heterocycles. The largest absolute Gasteiger partial charge is 0.506 e. The van der Waals surface area contributed by atoms with Crippen molar-refractivity contribution in [3.63, 3.8) is 0 Å². The maximum Gasteiger partial charge on any atom is 0.316 e. The molecule has 0 spiro atoms. The highest BCUT2D eigenvalue weighted by Gasteiger charge is 2.28. The molecular formula is C6H6N2O6S. The van der Waals surface area contributed by atoms with Crippen LogP contribution >= 0.6 is 0 Å². The van der Waals surface area contributed by atoms with E-state index in [-0.39, 0.29) is 0 Å². The van der Waals surface area contributed by atoms with Crippen molar-refractivity contribution in [3.05, 3.63) is 22.2 Å². The zero-order valence-corrected chi connectivity index (χ0v) is 7.93. The molecule has 0 aliphatic carbocycles. The molecule has 0 fully saturated rings. The van der Waals surface area contributed by atoms with Crippen molar-refractivity contribution < 1.29 is 23.0 Å². The summed E-state index contributed by atoms with van der Waals surface area (Å²) < 4.78 is 30.1. The minimum Gasteiger partial charge on any atom is -0.506 e. The van der Waals surface area contributed by atoms with Gasteiger partial charge in [0.2, 0.25) is 0 Å². The molecule has 1 aromatic carbocycles. The first-order chi connectivity index (χ1) is 6.75. The van der Waals surface area contributed by atoms with Gasteiger partial charge in [-0.25, -0.2) is 0 Å². The van der Waals surface area contributed by atoms with E-state index in [1.807, 2.05) is 0 Å². The number of anilines is 1. The Bertz CT molecular complexity index is 523. The summed E-state index contributed by atoms with van der Waals surface area (Å²) >= 11 is 0. The molecule has 0 saturated heterocycles. The minimum atomic E-state index is -4.75. The number of nitrogen functional groups attached to an aromatic ring is 1. The van der Waals surface area contributed by atoms with Gasteiger partial charge in [-0.2, -0.15) is 8.42 Å². The van der Waals surface area contributed by atoms with Crippen LogP contribution in [-0.4, -0.2) is 23.0 Å². The van der Waals surface area contributed by atoms with Gasteiger partial charge >= 0.3 is 15.8 Å². The van der Waals surface area contributed by atoms with Gasteiger partial charge in [-0.3, -0.25) is 14.7 Å². The SMILES string of the molecule is Nc1c(O)ccc(S(=O)(=O)O)c1[N+](=O)[O-]. The van der Waals surface area contributed by atoms with Crippen molar-refractivity contribution in [2.45, 2.75) is 4.90 Å². The highest BCUT2D eigenvalue weighted by molar-refractivity contribution is 7.86. The molecule has 0 aliphatic rings. The predicted octanol–water partition coefficient (Wildman–Crippen LogP) is 0.129. The van der Waals surface area contributed by atoms with E-state index < -0.39 is 37.1 Å². The summed E-state index contributed by atoms with van der Waals surface area (Å²) in [6, 6.07) is 1.53. The Hall–Kier alpha value is -1.87. The molecule has 1 aromatic rings. The summed E-state index contributed by atoms with van der Waals surface area (Å²) in [4.78, 5) is 8.43. The number of hydrogen-bond acceptors (Lipinski definition) is 6. The fourth-order valence-corrected chi connectivity index (χ4v) is 1.64. The van der Waals surface area contributed by atoms with Gasteiger partial charge in [-0.15, -0.1) is 0 Å². The van der Waals surface area contributed by atoms with E-state index in [4.69, 9.17) is 15.4 Å². The first kappa shape index (κ1) is 11.2. The van der Waals surface area contributed by atoms with Gasteiger partial charge in [0, 0.05) is 0 Å². The van der Waals surface area contributed by atoms with Crippen molar-refractivity contribution in [1.29, 1.82) is 0 Å². The van der Waals surface area contributed by atoms with Crippen molar-refractivity contribution in [1.82, 2.24) is 0 Å². The van der Waals surface area contributed by atoms with Crippen LogP contribution in [0.1, 0.15) is 0 Å². The maximum absolute atomic E-state index is 10.7. The molecule has 0 bridgehead atoms. The minimum absolute atomic E-state index is 0.630. The standard InChI is InChI=1S/C6H6N2O6S/c7-5-3(9)1-2-4(15(12,13)14)6(5)8(10)11/h1-2,9H,7H2,(H,12,13,14). The molecular weight excluding hydrogens is 228 g/mol. The Morgan fingerprint density at radius 3 is 2.33 bits per heavy atom. The first-order valence-corrected chi connectivity index (χ1v) is 4.92. The average molecular weight is 234 g/mol. The van der Waals surface area contributed by atoms with Crippen LogP contribution in [0, 0.1) is 10.1 Å². The third-order valence-corrected chi connectivity index (χ3v) is 2.50. The molecule has 0 unspecified atom stereocenters. The molecule has 0 amide bonds. The number of phenolic OH excluding ortho intramolecular Hbond substituents is 1. The Balaban J connectivity index is 3.70. The first-order valence-electron chi connectivity index (χ1n) is 3.48. The molecule has 0 atom stereocenters. The highest BCUT2D eigenvalue weighted by atomic mass is 32.2. The lowest BCUT2D eigenvalue weighted by Crippen LogP contribution is -2.06. The van der Waals surface area contributed by atoms with Crippen LogP contribution < -0.4 is 5.73 Å². The van der Waals surface area contributed by atoms with Gasteiger partial charge < -0.3 is 10.8 Å². The lowest BCUT2D eigenvalue weighted by Gasteiger charge is -2.03. The molecule has 1 rings (SSSR count). The second-order valence-corrected chi connectivity index (χ2v) is 3.97. The number of nitrogens with two attached hydrogens (primary N) is 1. The fraction of sp³-hybridized carbons (Fsp3) is 0. The molecule has 0 aromatic heterocycles. The Labute approximate surface area is 83.8 Å². The van der Waals surface area contributed by atoms with Crippen LogP contribution in [0.4, 0.5) is 11.4 Å². The number of nitrogens with zero attached hydrogens (tertiary/aromatic N) is 1. The van der Waals surface area contributed by atoms with Crippen molar-refractivity contribution in [2.75, 3.05) is 5.73 Å².